The minimum Gasteiger partial charge on any atom is -0.391 e. The van der Waals surface area contributed by atoms with E-state index in [9.17, 15) is 9.90 Å². The average Bonchev–Trinajstić information content (AvgIpc) is 3.27. The largest absolute Gasteiger partial charge is 0.391 e. The molecule has 5 nitrogen and oxygen atoms in total. The Labute approximate surface area is 197 Å². The number of aliphatic hydroxyl groups excluding tert-OH is 1. The Hall–Kier alpha value is -3.09. The van der Waals surface area contributed by atoms with Gasteiger partial charge in [-0.15, -0.1) is 11.3 Å². The number of rotatable bonds is 5. The number of nitrogens with zero attached hydrogens (tertiary/aromatic N) is 2. The second-order valence-corrected chi connectivity index (χ2v) is 9.80. The molecule has 0 saturated heterocycles. The van der Waals surface area contributed by atoms with E-state index in [1.165, 1.54) is 0 Å². The second kappa shape index (κ2) is 9.41. The quantitative estimate of drug-likeness (QED) is 0.427. The lowest BCUT2D eigenvalue weighted by Gasteiger charge is -2.28. The number of aromatic nitrogens is 2. The third-order valence-electron chi connectivity index (χ3n) is 6.34. The lowest BCUT2D eigenvalue weighted by molar-refractivity contribution is 0.0714. The molecule has 2 N–H and O–H groups in total. The van der Waals surface area contributed by atoms with E-state index in [2.05, 4.69) is 51.0 Å². The standard InChI is InChI=1S/C27H27N3O2S/c1-17-28-25(16-33-17)19-12-10-18(11-13-19)14-20-15-24(29-22-7-3-2-6-21(20)22)27(32)30-23-8-4-5-9-26(23)31/h2-3,6-7,10-13,15-16,23,26,31H,4-5,8-9,14H2,1H3,(H,30,32)/t23-,26-/m0/s1. The first-order valence-electron chi connectivity index (χ1n) is 11.5. The summed E-state index contributed by atoms with van der Waals surface area (Å²) in [6, 6.07) is 18.1. The summed E-state index contributed by atoms with van der Waals surface area (Å²) in [5.41, 5.74) is 5.54. The van der Waals surface area contributed by atoms with E-state index in [1.54, 1.807) is 11.3 Å². The Bertz CT molecular complexity index is 1280. The summed E-state index contributed by atoms with van der Waals surface area (Å²) in [6.07, 6.45) is 3.78. The lowest BCUT2D eigenvalue weighted by Crippen LogP contribution is -2.45. The van der Waals surface area contributed by atoms with Gasteiger partial charge in [0.2, 0.25) is 0 Å². The fraction of sp³-hybridized carbons (Fsp3) is 0.296. The van der Waals surface area contributed by atoms with Gasteiger partial charge in [0.1, 0.15) is 5.69 Å². The monoisotopic (exact) mass is 457 g/mol. The highest BCUT2D eigenvalue weighted by molar-refractivity contribution is 7.09. The molecule has 4 aromatic rings. The lowest BCUT2D eigenvalue weighted by atomic mass is 9.92. The molecule has 0 bridgehead atoms. The fourth-order valence-electron chi connectivity index (χ4n) is 4.54. The van der Waals surface area contributed by atoms with Crippen LogP contribution in [0.25, 0.3) is 22.2 Å². The molecule has 2 aromatic heterocycles. The summed E-state index contributed by atoms with van der Waals surface area (Å²) in [6.45, 7) is 2.01. The van der Waals surface area contributed by atoms with E-state index in [1.807, 2.05) is 31.2 Å². The molecular weight excluding hydrogens is 430 g/mol. The third kappa shape index (κ3) is 4.82. The average molecular weight is 458 g/mol. The number of hydrogen-bond acceptors (Lipinski definition) is 5. The van der Waals surface area contributed by atoms with Crippen LogP contribution in [0.2, 0.25) is 0 Å². The molecule has 1 amide bonds. The Kier molecular flexibility index (Phi) is 6.20. The van der Waals surface area contributed by atoms with Gasteiger partial charge in [0, 0.05) is 16.3 Å². The van der Waals surface area contributed by atoms with E-state index in [-0.39, 0.29) is 11.9 Å². The van der Waals surface area contributed by atoms with Crippen LogP contribution >= 0.6 is 11.3 Å². The zero-order valence-corrected chi connectivity index (χ0v) is 19.4. The minimum absolute atomic E-state index is 0.204. The summed E-state index contributed by atoms with van der Waals surface area (Å²) in [4.78, 5) is 22.2. The van der Waals surface area contributed by atoms with Crippen molar-refractivity contribution in [1.82, 2.24) is 15.3 Å². The van der Waals surface area contributed by atoms with Crippen molar-refractivity contribution in [3.05, 3.63) is 81.8 Å². The van der Waals surface area contributed by atoms with Crippen LogP contribution in [0.3, 0.4) is 0 Å². The highest BCUT2D eigenvalue weighted by Crippen LogP contribution is 2.25. The first-order valence-corrected chi connectivity index (χ1v) is 12.3. The minimum atomic E-state index is -0.484. The molecular formula is C27H27N3O2S. The smallest absolute Gasteiger partial charge is 0.270 e. The SMILES string of the molecule is Cc1nc(-c2ccc(Cc3cc(C(=O)N[C@H]4CCCC[C@@H]4O)nc4ccccc34)cc2)cs1. The number of carbonyl (C=O) groups is 1. The van der Waals surface area contributed by atoms with Crippen LogP contribution in [0.15, 0.2) is 60.0 Å². The summed E-state index contributed by atoms with van der Waals surface area (Å²) in [5, 5.41) is 17.4. The number of aliphatic hydroxyl groups is 1. The van der Waals surface area contributed by atoms with E-state index in [0.717, 1.165) is 64.0 Å². The van der Waals surface area contributed by atoms with Crippen LogP contribution in [0, 0.1) is 6.92 Å². The molecule has 168 valence electrons. The zero-order valence-electron chi connectivity index (χ0n) is 18.6. The Morgan fingerprint density at radius 2 is 1.88 bits per heavy atom. The van der Waals surface area contributed by atoms with Crippen LogP contribution in [0.5, 0.6) is 0 Å². The van der Waals surface area contributed by atoms with Crippen molar-refractivity contribution >= 4 is 28.1 Å². The molecule has 0 aliphatic heterocycles. The van der Waals surface area contributed by atoms with Gasteiger partial charge in [-0.2, -0.15) is 0 Å². The van der Waals surface area contributed by atoms with Gasteiger partial charge in [-0.3, -0.25) is 4.79 Å². The molecule has 6 heteroatoms. The molecule has 1 fully saturated rings. The maximum absolute atomic E-state index is 13.0. The Morgan fingerprint density at radius 3 is 2.64 bits per heavy atom. The van der Waals surface area contributed by atoms with Gasteiger partial charge in [-0.1, -0.05) is 55.3 Å². The van der Waals surface area contributed by atoms with Crippen LogP contribution < -0.4 is 5.32 Å². The fourth-order valence-corrected chi connectivity index (χ4v) is 5.16. The van der Waals surface area contributed by atoms with Gasteiger partial charge in [0.05, 0.1) is 28.4 Å². The second-order valence-electron chi connectivity index (χ2n) is 8.74. The summed E-state index contributed by atoms with van der Waals surface area (Å²) >= 11 is 1.65. The summed E-state index contributed by atoms with van der Waals surface area (Å²) in [5.74, 6) is -0.220. The zero-order chi connectivity index (χ0) is 22.8. The number of amides is 1. The van der Waals surface area contributed by atoms with Gasteiger partial charge < -0.3 is 10.4 Å². The normalized spacial score (nSPS) is 18.4. The number of thiazole rings is 1. The highest BCUT2D eigenvalue weighted by Gasteiger charge is 2.25. The van der Waals surface area contributed by atoms with Crippen molar-refractivity contribution < 1.29 is 9.90 Å². The number of hydrogen-bond donors (Lipinski definition) is 2. The van der Waals surface area contributed by atoms with Gasteiger partial charge in [-0.25, -0.2) is 9.97 Å². The maximum atomic E-state index is 13.0. The molecule has 2 atom stereocenters. The molecule has 1 aliphatic rings. The molecule has 33 heavy (non-hydrogen) atoms. The number of benzene rings is 2. The van der Waals surface area contributed by atoms with Crippen molar-refractivity contribution in [1.29, 1.82) is 0 Å². The first-order chi connectivity index (χ1) is 16.1. The van der Waals surface area contributed by atoms with Gasteiger partial charge in [-0.05, 0) is 49.4 Å². The number of fused-ring (bicyclic) bond motifs is 1. The van der Waals surface area contributed by atoms with Gasteiger partial charge in [0.25, 0.3) is 5.91 Å². The van der Waals surface area contributed by atoms with Crippen LogP contribution in [-0.2, 0) is 6.42 Å². The Morgan fingerprint density at radius 1 is 1.09 bits per heavy atom. The van der Waals surface area contributed by atoms with Crippen LogP contribution in [-0.4, -0.2) is 33.1 Å². The number of nitrogens with one attached hydrogen (secondary N) is 1. The van der Waals surface area contributed by atoms with Crippen molar-refractivity contribution in [2.45, 2.75) is 51.2 Å². The van der Waals surface area contributed by atoms with E-state index in [0.29, 0.717) is 12.1 Å². The van der Waals surface area contributed by atoms with Crippen molar-refractivity contribution in [2.24, 2.45) is 0 Å². The molecule has 2 aromatic carbocycles. The molecule has 1 aliphatic carbocycles. The predicted octanol–water partition coefficient (Wildman–Crippen LogP) is 5.29. The number of para-hydroxylation sites is 1. The van der Waals surface area contributed by atoms with Crippen molar-refractivity contribution in [3.63, 3.8) is 0 Å². The van der Waals surface area contributed by atoms with Crippen molar-refractivity contribution in [3.8, 4) is 11.3 Å². The van der Waals surface area contributed by atoms with Crippen LogP contribution in [0.4, 0.5) is 0 Å². The summed E-state index contributed by atoms with van der Waals surface area (Å²) in [7, 11) is 0. The number of pyridine rings is 1. The topological polar surface area (TPSA) is 75.1 Å². The first kappa shape index (κ1) is 21.7. The molecule has 0 unspecified atom stereocenters. The van der Waals surface area contributed by atoms with Crippen molar-refractivity contribution in [2.75, 3.05) is 0 Å². The molecule has 1 saturated carbocycles. The molecule has 0 radical (unpaired) electrons. The molecule has 0 spiro atoms. The highest BCUT2D eigenvalue weighted by atomic mass is 32.1. The summed E-state index contributed by atoms with van der Waals surface area (Å²) < 4.78 is 0. The van der Waals surface area contributed by atoms with E-state index >= 15 is 0 Å². The van der Waals surface area contributed by atoms with Gasteiger partial charge in [0.15, 0.2) is 0 Å². The maximum Gasteiger partial charge on any atom is 0.270 e. The molecule has 5 rings (SSSR count). The predicted molar refractivity (Wildman–Crippen MR) is 133 cm³/mol. The van der Waals surface area contributed by atoms with E-state index in [4.69, 9.17) is 0 Å². The number of aryl methyl sites for hydroxylation is 1. The van der Waals surface area contributed by atoms with E-state index < -0.39 is 6.10 Å². The third-order valence-corrected chi connectivity index (χ3v) is 7.12. The van der Waals surface area contributed by atoms with Gasteiger partial charge >= 0.3 is 0 Å². The van der Waals surface area contributed by atoms with Crippen LogP contribution in [0.1, 0.15) is 52.3 Å². The molecule has 2 heterocycles. The Balaban J connectivity index is 1.42. The number of carbonyl (C=O) groups excluding carboxylic acids is 1.